The Kier molecular flexibility index (Phi) is 7.02. The lowest BCUT2D eigenvalue weighted by atomic mass is 10.2. The fourth-order valence-electron chi connectivity index (χ4n) is 1.69. The molecule has 1 aromatic rings. The highest BCUT2D eigenvalue weighted by Gasteiger charge is 2.15. The van der Waals surface area contributed by atoms with Crippen LogP contribution in [-0.2, 0) is 11.3 Å². The van der Waals surface area contributed by atoms with Gasteiger partial charge in [-0.25, -0.2) is 4.79 Å². The summed E-state index contributed by atoms with van der Waals surface area (Å²) < 4.78 is 10.3. The van der Waals surface area contributed by atoms with E-state index in [0.29, 0.717) is 6.54 Å². The van der Waals surface area contributed by atoms with Gasteiger partial charge in [0.2, 0.25) is 0 Å². The summed E-state index contributed by atoms with van der Waals surface area (Å²) in [6.07, 6.45) is 0.493. The molecule has 0 saturated carbocycles. The molecule has 2 N–H and O–H groups in total. The molecular weight excluding hydrogens is 268 g/mol. The minimum Gasteiger partial charge on any atom is -0.497 e. The first-order valence-corrected chi connectivity index (χ1v) is 7.21. The van der Waals surface area contributed by atoms with Crippen molar-refractivity contribution >= 4 is 6.09 Å². The van der Waals surface area contributed by atoms with E-state index in [4.69, 9.17) is 9.47 Å². The van der Waals surface area contributed by atoms with Crippen molar-refractivity contribution < 1.29 is 14.3 Å². The summed E-state index contributed by atoms with van der Waals surface area (Å²) in [5.41, 5.74) is 0.757. The molecule has 1 aromatic carbocycles. The van der Waals surface area contributed by atoms with Gasteiger partial charge in [0.15, 0.2) is 0 Å². The molecule has 0 radical (unpaired) electrons. The zero-order valence-corrected chi connectivity index (χ0v) is 13.4. The van der Waals surface area contributed by atoms with Crippen molar-refractivity contribution in [2.75, 3.05) is 20.2 Å². The van der Waals surface area contributed by atoms with E-state index in [1.54, 1.807) is 7.11 Å². The zero-order valence-electron chi connectivity index (χ0n) is 13.4. The van der Waals surface area contributed by atoms with Crippen LogP contribution in [0, 0.1) is 0 Å². The Bertz CT molecular complexity index is 424. The molecule has 1 amide bonds. The second kappa shape index (κ2) is 8.52. The predicted octanol–water partition coefficient (Wildman–Crippen LogP) is 2.70. The van der Waals surface area contributed by atoms with Crippen molar-refractivity contribution in [1.29, 1.82) is 0 Å². The molecule has 0 saturated heterocycles. The summed E-state index contributed by atoms with van der Waals surface area (Å²) in [6.45, 7) is 7.79. The third-order valence-corrected chi connectivity index (χ3v) is 2.69. The lowest BCUT2D eigenvalue weighted by Crippen LogP contribution is -2.33. The molecule has 118 valence electrons. The van der Waals surface area contributed by atoms with Gasteiger partial charge in [-0.3, -0.25) is 0 Å². The van der Waals surface area contributed by atoms with Crippen molar-refractivity contribution in [2.45, 2.75) is 39.3 Å². The van der Waals surface area contributed by atoms with E-state index in [2.05, 4.69) is 10.6 Å². The molecule has 5 heteroatoms. The number of methoxy groups -OCH3 is 1. The molecule has 0 aliphatic heterocycles. The molecule has 1 rings (SSSR count). The highest BCUT2D eigenvalue weighted by atomic mass is 16.6. The van der Waals surface area contributed by atoms with Gasteiger partial charge in [0.05, 0.1) is 7.11 Å². The molecule has 0 atom stereocenters. The highest BCUT2D eigenvalue weighted by molar-refractivity contribution is 5.67. The molecule has 0 spiro atoms. The van der Waals surface area contributed by atoms with Gasteiger partial charge in [0.1, 0.15) is 11.4 Å². The molecule has 21 heavy (non-hydrogen) atoms. The fourth-order valence-corrected chi connectivity index (χ4v) is 1.69. The van der Waals surface area contributed by atoms with E-state index in [-0.39, 0.29) is 6.09 Å². The summed E-state index contributed by atoms with van der Waals surface area (Å²) in [5, 5.41) is 6.06. The van der Waals surface area contributed by atoms with Gasteiger partial charge in [0, 0.05) is 13.1 Å². The van der Waals surface area contributed by atoms with Crippen LogP contribution in [0.3, 0.4) is 0 Å². The average Bonchev–Trinajstić information content (AvgIpc) is 2.41. The molecular formula is C16H26N2O3. The summed E-state index contributed by atoms with van der Waals surface area (Å²) >= 11 is 0. The Balaban J connectivity index is 2.07. The normalized spacial score (nSPS) is 11.0. The van der Waals surface area contributed by atoms with Crippen LogP contribution in [-0.4, -0.2) is 31.9 Å². The van der Waals surface area contributed by atoms with Crippen LogP contribution in [0.5, 0.6) is 5.75 Å². The summed E-state index contributed by atoms with van der Waals surface area (Å²) in [6, 6.07) is 7.96. The summed E-state index contributed by atoms with van der Waals surface area (Å²) in [5.74, 6) is 0.861. The van der Waals surface area contributed by atoms with Crippen LogP contribution in [0.1, 0.15) is 32.8 Å². The van der Waals surface area contributed by atoms with Crippen LogP contribution < -0.4 is 15.4 Å². The quantitative estimate of drug-likeness (QED) is 0.759. The Hall–Kier alpha value is -1.75. The Morgan fingerprint density at radius 3 is 2.38 bits per heavy atom. The molecule has 0 fully saturated rings. The molecule has 0 heterocycles. The summed E-state index contributed by atoms with van der Waals surface area (Å²) in [7, 11) is 1.66. The third-order valence-electron chi connectivity index (χ3n) is 2.69. The third kappa shape index (κ3) is 8.19. The van der Waals surface area contributed by atoms with Gasteiger partial charge >= 0.3 is 6.09 Å². The number of hydrogen-bond donors (Lipinski definition) is 2. The van der Waals surface area contributed by atoms with Crippen molar-refractivity contribution in [3.8, 4) is 5.75 Å². The molecule has 0 unspecified atom stereocenters. The van der Waals surface area contributed by atoms with Crippen LogP contribution >= 0.6 is 0 Å². The number of hydrogen-bond acceptors (Lipinski definition) is 4. The smallest absolute Gasteiger partial charge is 0.407 e. The van der Waals surface area contributed by atoms with Gasteiger partial charge in [-0.05, 0) is 51.4 Å². The van der Waals surface area contributed by atoms with E-state index in [1.807, 2.05) is 45.0 Å². The van der Waals surface area contributed by atoms with Gasteiger partial charge in [-0.1, -0.05) is 12.1 Å². The molecule has 0 aliphatic carbocycles. The van der Waals surface area contributed by atoms with Crippen molar-refractivity contribution in [1.82, 2.24) is 10.6 Å². The Morgan fingerprint density at radius 1 is 1.14 bits per heavy atom. The van der Waals surface area contributed by atoms with Crippen molar-refractivity contribution in [2.24, 2.45) is 0 Å². The van der Waals surface area contributed by atoms with E-state index in [1.165, 1.54) is 5.56 Å². The van der Waals surface area contributed by atoms with Crippen LogP contribution in [0.25, 0.3) is 0 Å². The van der Waals surface area contributed by atoms with Crippen molar-refractivity contribution in [3.05, 3.63) is 29.8 Å². The van der Waals surface area contributed by atoms with Gasteiger partial charge in [-0.2, -0.15) is 0 Å². The minimum absolute atomic E-state index is 0.363. The fraction of sp³-hybridized carbons (Fsp3) is 0.562. The Labute approximate surface area is 127 Å². The number of benzene rings is 1. The SMILES string of the molecule is COc1ccc(CNCCCNC(=O)OC(C)(C)C)cc1. The topological polar surface area (TPSA) is 59.6 Å². The predicted molar refractivity (Wildman–Crippen MR) is 83.6 cm³/mol. The summed E-state index contributed by atoms with van der Waals surface area (Å²) in [4.78, 5) is 11.4. The van der Waals surface area contributed by atoms with Gasteiger partial charge in [-0.15, -0.1) is 0 Å². The van der Waals surface area contributed by atoms with Crippen LogP contribution in [0.15, 0.2) is 24.3 Å². The Morgan fingerprint density at radius 2 is 1.81 bits per heavy atom. The molecule has 0 bridgehead atoms. The van der Waals surface area contributed by atoms with E-state index in [9.17, 15) is 4.79 Å². The molecule has 0 aromatic heterocycles. The van der Waals surface area contributed by atoms with E-state index < -0.39 is 5.60 Å². The second-order valence-electron chi connectivity index (χ2n) is 5.81. The standard InChI is InChI=1S/C16H26N2O3/c1-16(2,3)21-15(19)18-11-5-10-17-12-13-6-8-14(20-4)9-7-13/h6-9,17H,5,10-12H2,1-4H3,(H,18,19). The number of amides is 1. The molecule has 5 nitrogen and oxygen atoms in total. The highest BCUT2D eigenvalue weighted by Crippen LogP contribution is 2.10. The maximum Gasteiger partial charge on any atom is 0.407 e. The number of carbonyl (C=O) groups excluding carboxylic acids is 1. The first-order valence-electron chi connectivity index (χ1n) is 7.21. The van der Waals surface area contributed by atoms with E-state index >= 15 is 0 Å². The van der Waals surface area contributed by atoms with E-state index in [0.717, 1.165) is 25.3 Å². The van der Waals surface area contributed by atoms with Crippen LogP contribution in [0.2, 0.25) is 0 Å². The monoisotopic (exact) mass is 294 g/mol. The number of ether oxygens (including phenoxy) is 2. The lowest BCUT2D eigenvalue weighted by Gasteiger charge is -2.19. The number of rotatable bonds is 7. The maximum absolute atomic E-state index is 11.4. The first-order chi connectivity index (χ1) is 9.90. The van der Waals surface area contributed by atoms with Crippen LogP contribution in [0.4, 0.5) is 4.79 Å². The minimum atomic E-state index is -0.448. The van der Waals surface area contributed by atoms with Crippen molar-refractivity contribution in [3.63, 3.8) is 0 Å². The average molecular weight is 294 g/mol. The lowest BCUT2D eigenvalue weighted by molar-refractivity contribution is 0.0527. The zero-order chi connectivity index (χ0) is 15.7. The molecule has 0 aliphatic rings. The number of carbonyl (C=O) groups is 1. The van der Waals surface area contributed by atoms with Gasteiger partial charge < -0.3 is 20.1 Å². The largest absolute Gasteiger partial charge is 0.497 e. The second-order valence-corrected chi connectivity index (χ2v) is 5.81. The maximum atomic E-state index is 11.4. The number of nitrogens with one attached hydrogen (secondary N) is 2. The first kappa shape index (κ1) is 17.3. The van der Waals surface area contributed by atoms with Gasteiger partial charge in [0.25, 0.3) is 0 Å². The number of alkyl carbamates (subject to hydrolysis) is 1.